The summed E-state index contributed by atoms with van der Waals surface area (Å²) in [4.78, 5) is 14.5. The average Bonchev–Trinajstić information content (AvgIpc) is 2.58. The molecule has 23 heavy (non-hydrogen) atoms. The molecule has 2 rings (SSSR count). The topological polar surface area (TPSA) is 50.8 Å². The zero-order chi connectivity index (χ0) is 16.7. The summed E-state index contributed by atoms with van der Waals surface area (Å²) in [6.45, 7) is 10.2. The van der Waals surface area contributed by atoms with Gasteiger partial charge in [0.15, 0.2) is 0 Å². The molecule has 0 unspecified atom stereocenters. The number of nitrogens with zero attached hydrogens (tertiary/aromatic N) is 1. The molecule has 1 amide bonds. The van der Waals surface area contributed by atoms with Crippen molar-refractivity contribution in [2.45, 2.75) is 46.1 Å². The quantitative estimate of drug-likeness (QED) is 0.834. The van der Waals surface area contributed by atoms with Gasteiger partial charge in [-0.3, -0.25) is 9.69 Å². The summed E-state index contributed by atoms with van der Waals surface area (Å²) in [6.07, 6.45) is 0.215. The lowest BCUT2D eigenvalue weighted by Crippen LogP contribution is -2.49. The molecule has 1 N–H and O–H groups in total. The molecule has 0 aromatic heterocycles. The maximum atomic E-state index is 12.3. The van der Waals surface area contributed by atoms with Gasteiger partial charge in [-0.1, -0.05) is 24.3 Å². The van der Waals surface area contributed by atoms with Crippen LogP contribution in [-0.4, -0.2) is 49.3 Å². The van der Waals surface area contributed by atoms with Crippen LogP contribution in [0.4, 0.5) is 0 Å². The Morgan fingerprint density at radius 1 is 1.26 bits per heavy atom. The van der Waals surface area contributed by atoms with E-state index in [0.29, 0.717) is 26.4 Å². The van der Waals surface area contributed by atoms with Gasteiger partial charge in [0, 0.05) is 19.6 Å². The van der Waals surface area contributed by atoms with Gasteiger partial charge in [0.05, 0.1) is 32.0 Å². The average molecular weight is 320 g/mol. The van der Waals surface area contributed by atoms with Crippen LogP contribution < -0.4 is 5.32 Å². The van der Waals surface area contributed by atoms with Crippen LogP contribution in [0.25, 0.3) is 0 Å². The molecule has 1 aromatic carbocycles. The molecular formula is C18H28N2O3. The normalized spacial score (nSPS) is 17.2. The summed E-state index contributed by atoms with van der Waals surface area (Å²) in [7, 11) is 0. The van der Waals surface area contributed by atoms with Crippen LogP contribution in [0, 0.1) is 0 Å². The highest BCUT2D eigenvalue weighted by Crippen LogP contribution is 2.09. The lowest BCUT2D eigenvalue weighted by atomic mass is 10.1. The molecule has 1 saturated heterocycles. The number of morpholine rings is 1. The molecule has 1 fully saturated rings. The van der Waals surface area contributed by atoms with E-state index in [0.717, 1.165) is 24.2 Å². The molecule has 0 saturated carbocycles. The number of rotatable bonds is 7. The predicted molar refractivity (Wildman–Crippen MR) is 90.1 cm³/mol. The van der Waals surface area contributed by atoms with Gasteiger partial charge in [-0.25, -0.2) is 0 Å². The summed E-state index contributed by atoms with van der Waals surface area (Å²) >= 11 is 0. The number of ether oxygens (including phenoxy) is 2. The fourth-order valence-electron chi connectivity index (χ4n) is 2.56. The number of hydrogen-bond acceptors (Lipinski definition) is 4. The van der Waals surface area contributed by atoms with Crippen molar-refractivity contribution in [3.05, 3.63) is 35.4 Å². The zero-order valence-corrected chi connectivity index (χ0v) is 14.4. The first kappa shape index (κ1) is 17.9. The van der Waals surface area contributed by atoms with Crippen LogP contribution in [0.15, 0.2) is 24.3 Å². The molecule has 0 spiro atoms. The van der Waals surface area contributed by atoms with Gasteiger partial charge in [0.25, 0.3) is 0 Å². The van der Waals surface area contributed by atoms with E-state index in [4.69, 9.17) is 9.47 Å². The number of carbonyl (C=O) groups is 1. The van der Waals surface area contributed by atoms with Crippen molar-refractivity contribution in [1.29, 1.82) is 0 Å². The third-order valence-electron chi connectivity index (χ3n) is 4.01. The predicted octanol–water partition coefficient (Wildman–Crippen LogP) is 1.95. The van der Waals surface area contributed by atoms with E-state index in [9.17, 15) is 4.79 Å². The van der Waals surface area contributed by atoms with Gasteiger partial charge in [-0.2, -0.15) is 0 Å². The summed E-state index contributed by atoms with van der Waals surface area (Å²) < 4.78 is 10.9. The van der Waals surface area contributed by atoms with E-state index in [-0.39, 0.29) is 18.1 Å². The molecule has 1 atom stereocenters. The van der Waals surface area contributed by atoms with Crippen molar-refractivity contribution in [2.24, 2.45) is 0 Å². The first-order chi connectivity index (χ1) is 11.1. The van der Waals surface area contributed by atoms with Crippen molar-refractivity contribution >= 4 is 5.91 Å². The molecule has 5 heteroatoms. The molecule has 0 aliphatic carbocycles. The Balaban J connectivity index is 1.82. The van der Waals surface area contributed by atoms with Crippen LogP contribution in [0.3, 0.4) is 0 Å². The van der Waals surface area contributed by atoms with Crippen molar-refractivity contribution in [3.8, 4) is 0 Å². The fourth-order valence-corrected chi connectivity index (χ4v) is 2.56. The molecular weight excluding hydrogens is 292 g/mol. The highest BCUT2D eigenvalue weighted by Gasteiger charge is 2.22. The molecule has 1 aliphatic heterocycles. The monoisotopic (exact) mass is 320 g/mol. The van der Waals surface area contributed by atoms with E-state index in [1.54, 1.807) is 0 Å². The zero-order valence-electron chi connectivity index (χ0n) is 14.4. The minimum atomic E-state index is -0.119. The third kappa shape index (κ3) is 5.94. The van der Waals surface area contributed by atoms with Crippen LogP contribution in [0.5, 0.6) is 0 Å². The second kappa shape index (κ2) is 9.01. The van der Waals surface area contributed by atoms with Gasteiger partial charge in [-0.15, -0.1) is 0 Å². The second-order valence-corrected chi connectivity index (χ2v) is 6.22. The minimum absolute atomic E-state index is 0.0655. The number of hydrogen-bond donors (Lipinski definition) is 1. The minimum Gasteiger partial charge on any atom is -0.379 e. The van der Waals surface area contributed by atoms with Crippen LogP contribution in [0.1, 0.15) is 31.9 Å². The molecule has 0 bridgehead atoms. The van der Waals surface area contributed by atoms with Gasteiger partial charge in [0.2, 0.25) is 5.91 Å². The van der Waals surface area contributed by atoms with E-state index in [1.807, 2.05) is 39.0 Å². The Hall–Kier alpha value is -1.43. The molecule has 1 aliphatic rings. The Morgan fingerprint density at radius 3 is 2.65 bits per heavy atom. The third-order valence-corrected chi connectivity index (χ3v) is 4.01. The Bertz CT molecular complexity index is 499. The first-order valence-electron chi connectivity index (χ1n) is 8.35. The highest BCUT2D eigenvalue weighted by atomic mass is 16.5. The smallest absolute Gasteiger partial charge is 0.237 e. The molecule has 0 radical (unpaired) electrons. The standard InChI is InChI=1S/C18H28N2O3/c1-14(2)23-13-17-6-4-5-16(11-17)12-19-18(21)15(3)20-7-9-22-10-8-20/h4-6,11,14-15H,7-10,12-13H2,1-3H3,(H,19,21)/t15-/m0/s1. The van der Waals surface area contributed by atoms with Crippen LogP contribution in [0.2, 0.25) is 0 Å². The molecule has 128 valence electrons. The SMILES string of the molecule is CC(C)OCc1cccc(CNC(=O)[C@H](C)N2CCOCC2)c1. The van der Waals surface area contributed by atoms with Crippen molar-refractivity contribution < 1.29 is 14.3 Å². The van der Waals surface area contributed by atoms with Crippen molar-refractivity contribution in [3.63, 3.8) is 0 Å². The second-order valence-electron chi connectivity index (χ2n) is 6.22. The van der Waals surface area contributed by atoms with Gasteiger partial charge >= 0.3 is 0 Å². The summed E-state index contributed by atoms with van der Waals surface area (Å²) in [5.74, 6) is 0.0655. The van der Waals surface area contributed by atoms with Crippen molar-refractivity contribution in [2.75, 3.05) is 26.3 Å². The highest BCUT2D eigenvalue weighted by molar-refractivity contribution is 5.81. The summed E-state index contributed by atoms with van der Waals surface area (Å²) in [5, 5.41) is 3.03. The Labute approximate surface area is 139 Å². The van der Waals surface area contributed by atoms with E-state index in [2.05, 4.69) is 16.3 Å². The number of nitrogens with one attached hydrogen (secondary N) is 1. The molecule has 1 heterocycles. The molecule has 5 nitrogen and oxygen atoms in total. The van der Waals surface area contributed by atoms with Crippen molar-refractivity contribution in [1.82, 2.24) is 10.2 Å². The van der Waals surface area contributed by atoms with Gasteiger partial charge < -0.3 is 14.8 Å². The summed E-state index contributed by atoms with van der Waals surface area (Å²) in [5.41, 5.74) is 2.23. The Kier molecular flexibility index (Phi) is 7.02. The first-order valence-corrected chi connectivity index (χ1v) is 8.35. The maximum absolute atomic E-state index is 12.3. The molecule has 1 aromatic rings. The van der Waals surface area contributed by atoms with E-state index < -0.39 is 0 Å². The largest absolute Gasteiger partial charge is 0.379 e. The Morgan fingerprint density at radius 2 is 1.96 bits per heavy atom. The maximum Gasteiger partial charge on any atom is 0.237 e. The van der Waals surface area contributed by atoms with Crippen LogP contribution in [-0.2, 0) is 27.4 Å². The number of amides is 1. The lowest BCUT2D eigenvalue weighted by Gasteiger charge is -2.31. The van der Waals surface area contributed by atoms with Gasteiger partial charge in [-0.05, 0) is 31.9 Å². The van der Waals surface area contributed by atoms with E-state index in [1.165, 1.54) is 0 Å². The van der Waals surface area contributed by atoms with Crippen LogP contribution >= 0.6 is 0 Å². The number of carbonyl (C=O) groups excluding carboxylic acids is 1. The number of benzene rings is 1. The van der Waals surface area contributed by atoms with E-state index >= 15 is 0 Å². The fraction of sp³-hybridized carbons (Fsp3) is 0.611. The summed E-state index contributed by atoms with van der Waals surface area (Å²) in [6, 6.07) is 8.04. The lowest BCUT2D eigenvalue weighted by molar-refractivity contribution is -0.127. The van der Waals surface area contributed by atoms with Gasteiger partial charge in [0.1, 0.15) is 0 Å².